The van der Waals surface area contributed by atoms with Crippen LogP contribution in [0.25, 0.3) is 86.0 Å². The Hall–Kier alpha value is -6.04. The van der Waals surface area contributed by atoms with Gasteiger partial charge in [-0.25, -0.2) is 0 Å². The molecule has 0 aliphatic carbocycles. The standard InChI is InChI=1S/C42H23NO3S/c1-5-19-34-24(11-1)27-15-9-17-31(39(27)44-34)43(32-18-10-16-28-25-12-2-6-20-35(25)45-40(28)32)33-23-30-26-13-4-8-22-37(26)47-42(30)41-38(33)29-14-3-7-21-36(29)46-41/h1-23H. The van der Waals surface area contributed by atoms with Gasteiger partial charge in [-0.1, -0.05) is 97.1 Å². The van der Waals surface area contributed by atoms with E-state index in [1.807, 2.05) is 30.3 Å². The number of furan rings is 3. The van der Waals surface area contributed by atoms with Gasteiger partial charge < -0.3 is 18.2 Å². The summed E-state index contributed by atoms with van der Waals surface area (Å²) in [4.78, 5) is 2.32. The van der Waals surface area contributed by atoms with Crippen molar-refractivity contribution in [2.24, 2.45) is 0 Å². The predicted octanol–water partition coefficient (Wildman–Crippen LogP) is 13.2. The number of fused-ring (bicyclic) bond motifs is 13. The van der Waals surface area contributed by atoms with Crippen LogP contribution < -0.4 is 4.90 Å². The summed E-state index contributed by atoms with van der Waals surface area (Å²) in [6.45, 7) is 0. The minimum atomic E-state index is 0.818. The van der Waals surface area contributed by atoms with Crippen LogP contribution in [0, 0.1) is 0 Å². The number of benzene rings is 7. The van der Waals surface area contributed by atoms with Gasteiger partial charge in [-0.3, -0.25) is 0 Å². The monoisotopic (exact) mass is 621 g/mol. The van der Waals surface area contributed by atoms with Crippen LogP contribution in [0.2, 0.25) is 0 Å². The lowest BCUT2D eigenvalue weighted by Gasteiger charge is -2.26. The Morgan fingerprint density at radius 1 is 0.383 bits per heavy atom. The van der Waals surface area contributed by atoms with Crippen molar-refractivity contribution in [2.45, 2.75) is 0 Å². The maximum absolute atomic E-state index is 6.77. The molecule has 0 saturated carbocycles. The zero-order chi connectivity index (χ0) is 30.6. The quantitative estimate of drug-likeness (QED) is 0.197. The van der Waals surface area contributed by atoms with Gasteiger partial charge in [0.1, 0.15) is 16.7 Å². The van der Waals surface area contributed by atoms with Gasteiger partial charge in [0.15, 0.2) is 16.7 Å². The molecule has 7 aromatic carbocycles. The number of hydrogen-bond acceptors (Lipinski definition) is 5. The molecule has 0 N–H and O–H groups in total. The van der Waals surface area contributed by atoms with E-state index < -0.39 is 0 Å². The number of hydrogen-bond donors (Lipinski definition) is 0. The molecule has 4 heterocycles. The molecule has 4 nitrogen and oxygen atoms in total. The maximum atomic E-state index is 6.77. The van der Waals surface area contributed by atoms with Crippen LogP contribution in [0.4, 0.5) is 17.1 Å². The molecule has 0 atom stereocenters. The van der Waals surface area contributed by atoms with Crippen LogP contribution >= 0.6 is 11.3 Å². The van der Waals surface area contributed by atoms with Crippen molar-refractivity contribution in [3.05, 3.63) is 140 Å². The molecule has 0 fully saturated rings. The second kappa shape index (κ2) is 9.25. The fraction of sp³-hybridized carbons (Fsp3) is 0. The summed E-state index contributed by atoms with van der Waals surface area (Å²) in [5.74, 6) is 0. The number of thiophene rings is 1. The highest BCUT2D eigenvalue weighted by atomic mass is 32.1. The lowest BCUT2D eigenvalue weighted by atomic mass is 10.0. The molecule has 0 bridgehead atoms. The molecule has 47 heavy (non-hydrogen) atoms. The van der Waals surface area contributed by atoms with E-state index in [1.165, 1.54) is 10.1 Å². The number of rotatable bonds is 3. The van der Waals surface area contributed by atoms with Gasteiger partial charge in [0.05, 0.1) is 27.1 Å². The van der Waals surface area contributed by atoms with E-state index in [0.717, 1.165) is 93.0 Å². The molecule has 0 aliphatic heterocycles. The van der Waals surface area contributed by atoms with E-state index in [0.29, 0.717) is 0 Å². The number of para-hydroxylation sites is 5. The average molecular weight is 622 g/mol. The molecule has 11 rings (SSSR count). The van der Waals surface area contributed by atoms with Crippen molar-refractivity contribution in [3.63, 3.8) is 0 Å². The van der Waals surface area contributed by atoms with Crippen molar-refractivity contribution in [1.29, 1.82) is 0 Å². The molecule has 11 aromatic rings. The first-order chi connectivity index (χ1) is 23.3. The first-order valence-corrected chi connectivity index (χ1v) is 16.5. The Labute approximate surface area is 271 Å². The molecule has 5 heteroatoms. The summed E-state index contributed by atoms with van der Waals surface area (Å²) in [5, 5.41) is 8.79. The van der Waals surface area contributed by atoms with Crippen molar-refractivity contribution < 1.29 is 13.3 Å². The Balaban J connectivity index is 1.36. The Morgan fingerprint density at radius 3 is 1.51 bits per heavy atom. The minimum Gasteiger partial charge on any atom is -0.454 e. The maximum Gasteiger partial charge on any atom is 0.159 e. The first-order valence-electron chi connectivity index (χ1n) is 15.7. The molecule has 0 saturated heterocycles. The highest BCUT2D eigenvalue weighted by Crippen LogP contribution is 2.52. The smallest absolute Gasteiger partial charge is 0.159 e. The highest BCUT2D eigenvalue weighted by molar-refractivity contribution is 7.26. The molecular formula is C42H23NO3S. The lowest BCUT2D eigenvalue weighted by molar-refractivity contribution is 0.666. The third-order valence-corrected chi connectivity index (χ3v) is 10.6. The average Bonchev–Trinajstić information content (AvgIpc) is 3.89. The van der Waals surface area contributed by atoms with Gasteiger partial charge >= 0.3 is 0 Å². The van der Waals surface area contributed by atoms with Gasteiger partial charge in [-0.05, 0) is 42.5 Å². The summed E-state index contributed by atoms with van der Waals surface area (Å²) in [7, 11) is 0. The van der Waals surface area contributed by atoms with Gasteiger partial charge in [0, 0.05) is 42.4 Å². The van der Waals surface area contributed by atoms with Crippen LogP contribution in [0.3, 0.4) is 0 Å². The summed E-state index contributed by atoms with van der Waals surface area (Å²) in [5.41, 5.74) is 7.95. The third-order valence-electron chi connectivity index (χ3n) is 9.46. The Bertz CT molecular complexity index is 2930. The number of nitrogens with zero attached hydrogens (tertiary/aromatic N) is 1. The van der Waals surface area contributed by atoms with Gasteiger partial charge in [-0.15, -0.1) is 11.3 Å². The van der Waals surface area contributed by atoms with E-state index in [-0.39, 0.29) is 0 Å². The van der Waals surface area contributed by atoms with Crippen LogP contribution in [0.1, 0.15) is 0 Å². The number of anilines is 3. The Kier molecular flexibility index (Phi) is 4.96. The van der Waals surface area contributed by atoms with Crippen LogP contribution in [-0.4, -0.2) is 0 Å². The molecule has 0 radical (unpaired) electrons. The first kappa shape index (κ1) is 25.2. The van der Waals surface area contributed by atoms with Crippen molar-refractivity contribution >= 4 is 114 Å². The van der Waals surface area contributed by atoms with E-state index in [2.05, 4.69) is 114 Å². The van der Waals surface area contributed by atoms with E-state index in [9.17, 15) is 0 Å². The molecule has 0 amide bonds. The SMILES string of the molecule is c1ccc2c(c1)oc1c(N(c3cccc4c3oc3ccccc34)c3cc4c5ccccc5sc4c4oc5ccccc5c34)cccc12. The topological polar surface area (TPSA) is 42.7 Å². The van der Waals surface area contributed by atoms with Gasteiger partial charge in [-0.2, -0.15) is 0 Å². The summed E-state index contributed by atoms with van der Waals surface area (Å²) in [6, 6.07) is 48.6. The molecule has 0 unspecified atom stereocenters. The van der Waals surface area contributed by atoms with Crippen LogP contribution in [0.15, 0.2) is 153 Å². The van der Waals surface area contributed by atoms with E-state index >= 15 is 0 Å². The second-order valence-corrected chi connectivity index (χ2v) is 13.1. The summed E-state index contributed by atoms with van der Waals surface area (Å²) < 4.78 is 22.6. The van der Waals surface area contributed by atoms with Crippen molar-refractivity contribution in [2.75, 3.05) is 4.90 Å². The van der Waals surface area contributed by atoms with Crippen LogP contribution in [-0.2, 0) is 0 Å². The van der Waals surface area contributed by atoms with Gasteiger partial charge in [0.25, 0.3) is 0 Å². The zero-order valence-electron chi connectivity index (χ0n) is 24.9. The molecule has 0 aliphatic rings. The molecule has 4 aromatic heterocycles. The lowest BCUT2D eigenvalue weighted by Crippen LogP contribution is -2.11. The van der Waals surface area contributed by atoms with Crippen LogP contribution in [0.5, 0.6) is 0 Å². The molecule has 220 valence electrons. The van der Waals surface area contributed by atoms with Crippen molar-refractivity contribution in [1.82, 2.24) is 0 Å². The fourth-order valence-corrected chi connectivity index (χ4v) is 8.60. The minimum absolute atomic E-state index is 0.818. The van der Waals surface area contributed by atoms with E-state index in [1.54, 1.807) is 11.3 Å². The summed E-state index contributed by atoms with van der Waals surface area (Å²) >= 11 is 1.78. The fourth-order valence-electron chi connectivity index (χ4n) is 7.43. The van der Waals surface area contributed by atoms with Gasteiger partial charge in [0.2, 0.25) is 0 Å². The zero-order valence-corrected chi connectivity index (χ0v) is 25.7. The third kappa shape index (κ3) is 3.41. The normalized spacial score (nSPS) is 12.3. The second-order valence-electron chi connectivity index (χ2n) is 12.0. The Morgan fingerprint density at radius 2 is 0.872 bits per heavy atom. The van der Waals surface area contributed by atoms with Crippen molar-refractivity contribution in [3.8, 4) is 0 Å². The highest BCUT2D eigenvalue weighted by Gasteiger charge is 2.28. The largest absolute Gasteiger partial charge is 0.454 e. The molecule has 0 spiro atoms. The van der Waals surface area contributed by atoms with E-state index in [4.69, 9.17) is 13.3 Å². The molecular weight excluding hydrogens is 599 g/mol. The summed E-state index contributed by atoms with van der Waals surface area (Å²) in [6.07, 6.45) is 0. The predicted molar refractivity (Wildman–Crippen MR) is 196 cm³/mol.